The average Bonchev–Trinajstić information content (AvgIpc) is 3.47. The smallest absolute Gasteiger partial charge is 0.247 e. The quantitative estimate of drug-likeness (QED) is 0.644. The summed E-state index contributed by atoms with van der Waals surface area (Å²) in [6.07, 6.45) is 0.781. The van der Waals surface area contributed by atoms with Crippen molar-refractivity contribution in [3.8, 4) is 23.0 Å². The van der Waals surface area contributed by atoms with Gasteiger partial charge in [-0.3, -0.25) is 4.79 Å². The second-order valence-corrected chi connectivity index (χ2v) is 7.27. The van der Waals surface area contributed by atoms with Crippen LogP contribution in [0.1, 0.15) is 12.3 Å². The predicted molar refractivity (Wildman–Crippen MR) is 109 cm³/mol. The molecule has 1 fully saturated rings. The van der Waals surface area contributed by atoms with Gasteiger partial charge in [-0.2, -0.15) is 0 Å². The normalized spacial score (nSPS) is 15.5. The second kappa shape index (κ2) is 8.06. The van der Waals surface area contributed by atoms with Gasteiger partial charge in [-0.15, -0.1) is 10.2 Å². The van der Waals surface area contributed by atoms with E-state index in [1.807, 2.05) is 41.3 Å². The van der Waals surface area contributed by atoms with Crippen LogP contribution in [0.15, 0.2) is 52.9 Å². The number of rotatable bonds is 5. The largest absolute Gasteiger partial charge is 0.454 e. The van der Waals surface area contributed by atoms with Gasteiger partial charge in [0.05, 0.1) is 0 Å². The standard InChI is InChI=1S/C22H22N4O4/c27-21(26-12-10-25(11-13-26)17-4-2-1-3-5-17)9-8-20-23-24-22(30-20)16-6-7-18-19(14-16)29-15-28-18/h1-7,14H,8-13,15H2. The Labute approximate surface area is 174 Å². The summed E-state index contributed by atoms with van der Waals surface area (Å²) in [5.41, 5.74) is 1.97. The number of anilines is 1. The van der Waals surface area contributed by atoms with E-state index in [0.717, 1.165) is 31.7 Å². The van der Waals surface area contributed by atoms with Crippen molar-refractivity contribution in [2.24, 2.45) is 0 Å². The van der Waals surface area contributed by atoms with Gasteiger partial charge in [-0.05, 0) is 30.3 Å². The third kappa shape index (κ3) is 3.80. The minimum absolute atomic E-state index is 0.116. The van der Waals surface area contributed by atoms with E-state index in [-0.39, 0.29) is 12.7 Å². The predicted octanol–water partition coefficient (Wildman–Crippen LogP) is 2.75. The minimum Gasteiger partial charge on any atom is -0.454 e. The van der Waals surface area contributed by atoms with E-state index in [0.29, 0.717) is 36.1 Å². The van der Waals surface area contributed by atoms with E-state index in [9.17, 15) is 4.79 Å². The van der Waals surface area contributed by atoms with Gasteiger partial charge in [-0.25, -0.2) is 0 Å². The van der Waals surface area contributed by atoms with Crippen molar-refractivity contribution < 1.29 is 18.7 Å². The van der Waals surface area contributed by atoms with Gasteiger partial charge in [0.25, 0.3) is 0 Å². The number of carbonyl (C=O) groups is 1. The number of piperazine rings is 1. The molecule has 8 heteroatoms. The molecular weight excluding hydrogens is 384 g/mol. The molecule has 1 aromatic heterocycles. The molecule has 5 rings (SSSR count). The molecule has 0 saturated carbocycles. The highest BCUT2D eigenvalue weighted by atomic mass is 16.7. The summed E-state index contributed by atoms with van der Waals surface area (Å²) in [4.78, 5) is 16.8. The minimum atomic E-state index is 0.116. The summed E-state index contributed by atoms with van der Waals surface area (Å²) in [5, 5.41) is 8.19. The number of benzene rings is 2. The fraction of sp³-hybridized carbons (Fsp3) is 0.318. The Bertz CT molecular complexity index is 1030. The summed E-state index contributed by atoms with van der Waals surface area (Å²) < 4.78 is 16.4. The molecule has 154 valence electrons. The maximum absolute atomic E-state index is 12.6. The Morgan fingerprint density at radius 2 is 1.73 bits per heavy atom. The third-order valence-corrected chi connectivity index (χ3v) is 5.39. The van der Waals surface area contributed by atoms with Crippen LogP contribution < -0.4 is 14.4 Å². The Kier molecular flexibility index (Phi) is 4.96. The number of aryl methyl sites for hydroxylation is 1. The molecule has 2 aromatic carbocycles. The van der Waals surface area contributed by atoms with E-state index >= 15 is 0 Å². The summed E-state index contributed by atoms with van der Waals surface area (Å²) >= 11 is 0. The van der Waals surface area contributed by atoms with Gasteiger partial charge in [-0.1, -0.05) is 18.2 Å². The van der Waals surface area contributed by atoms with E-state index < -0.39 is 0 Å². The summed E-state index contributed by atoms with van der Waals surface area (Å²) in [6, 6.07) is 15.8. The number of ether oxygens (including phenoxy) is 2. The van der Waals surface area contributed by atoms with Crippen molar-refractivity contribution in [1.82, 2.24) is 15.1 Å². The molecule has 0 radical (unpaired) electrons. The van der Waals surface area contributed by atoms with Crippen molar-refractivity contribution in [1.29, 1.82) is 0 Å². The van der Waals surface area contributed by atoms with Crippen LogP contribution in [0.25, 0.3) is 11.5 Å². The number of carbonyl (C=O) groups excluding carboxylic acids is 1. The Balaban J connectivity index is 1.14. The number of nitrogens with zero attached hydrogens (tertiary/aromatic N) is 4. The third-order valence-electron chi connectivity index (χ3n) is 5.39. The first kappa shape index (κ1) is 18.5. The lowest BCUT2D eigenvalue weighted by molar-refractivity contribution is -0.131. The Morgan fingerprint density at radius 1 is 0.933 bits per heavy atom. The summed E-state index contributed by atoms with van der Waals surface area (Å²) in [6.45, 7) is 3.34. The van der Waals surface area contributed by atoms with Gasteiger partial charge in [0.2, 0.25) is 24.5 Å². The van der Waals surface area contributed by atoms with Crippen molar-refractivity contribution in [2.75, 3.05) is 37.9 Å². The maximum atomic E-state index is 12.6. The number of aromatic nitrogens is 2. The monoisotopic (exact) mass is 406 g/mol. The van der Waals surface area contributed by atoms with E-state index in [1.54, 1.807) is 0 Å². The van der Waals surface area contributed by atoms with Crippen LogP contribution in [-0.2, 0) is 11.2 Å². The van der Waals surface area contributed by atoms with Crippen molar-refractivity contribution in [2.45, 2.75) is 12.8 Å². The van der Waals surface area contributed by atoms with E-state index in [4.69, 9.17) is 13.9 Å². The molecule has 2 aliphatic rings. The highest BCUT2D eigenvalue weighted by Crippen LogP contribution is 2.35. The van der Waals surface area contributed by atoms with Crippen molar-refractivity contribution >= 4 is 11.6 Å². The molecule has 1 saturated heterocycles. The molecule has 3 aromatic rings. The second-order valence-electron chi connectivity index (χ2n) is 7.27. The summed E-state index contributed by atoms with van der Waals surface area (Å²) in [5.74, 6) is 2.35. The van der Waals surface area contributed by atoms with Crippen LogP contribution in [-0.4, -0.2) is 54.0 Å². The fourth-order valence-electron chi connectivity index (χ4n) is 3.73. The molecule has 0 aliphatic carbocycles. The van der Waals surface area contributed by atoms with Crippen LogP contribution >= 0.6 is 0 Å². The molecule has 2 aliphatic heterocycles. The molecule has 0 N–H and O–H groups in total. The Hall–Kier alpha value is -3.55. The number of fused-ring (bicyclic) bond motifs is 1. The lowest BCUT2D eigenvalue weighted by Gasteiger charge is -2.36. The molecule has 0 unspecified atom stereocenters. The zero-order valence-electron chi connectivity index (χ0n) is 16.5. The molecule has 0 atom stereocenters. The molecule has 0 bridgehead atoms. The first-order valence-corrected chi connectivity index (χ1v) is 10.1. The number of hydrogen-bond acceptors (Lipinski definition) is 7. The zero-order valence-corrected chi connectivity index (χ0v) is 16.5. The topological polar surface area (TPSA) is 80.9 Å². The molecule has 30 heavy (non-hydrogen) atoms. The molecule has 1 amide bonds. The molecule has 0 spiro atoms. The number of hydrogen-bond donors (Lipinski definition) is 0. The van der Waals surface area contributed by atoms with Crippen LogP contribution in [0.2, 0.25) is 0 Å². The lowest BCUT2D eigenvalue weighted by Crippen LogP contribution is -2.48. The SMILES string of the molecule is O=C(CCc1nnc(-c2ccc3c(c2)OCO3)o1)N1CCN(c2ccccc2)CC1. The van der Waals surface area contributed by atoms with E-state index in [1.165, 1.54) is 5.69 Å². The fourth-order valence-corrected chi connectivity index (χ4v) is 3.73. The van der Waals surface area contributed by atoms with Gasteiger partial charge >= 0.3 is 0 Å². The van der Waals surface area contributed by atoms with Gasteiger partial charge in [0.1, 0.15) is 0 Å². The van der Waals surface area contributed by atoms with Gasteiger partial charge < -0.3 is 23.7 Å². The zero-order chi connectivity index (χ0) is 20.3. The van der Waals surface area contributed by atoms with Gasteiger partial charge in [0.15, 0.2) is 11.5 Å². The molecular formula is C22H22N4O4. The van der Waals surface area contributed by atoms with Crippen LogP contribution in [0, 0.1) is 0 Å². The van der Waals surface area contributed by atoms with Crippen molar-refractivity contribution in [3.05, 3.63) is 54.4 Å². The average molecular weight is 406 g/mol. The highest BCUT2D eigenvalue weighted by molar-refractivity contribution is 5.76. The highest BCUT2D eigenvalue weighted by Gasteiger charge is 2.22. The first-order chi connectivity index (χ1) is 14.8. The molecule has 3 heterocycles. The number of amides is 1. The van der Waals surface area contributed by atoms with Crippen LogP contribution in [0.3, 0.4) is 0 Å². The van der Waals surface area contributed by atoms with Crippen LogP contribution in [0.5, 0.6) is 11.5 Å². The Morgan fingerprint density at radius 3 is 2.57 bits per heavy atom. The number of para-hydroxylation sites is 1. The van der Waals surface area contributed by atoms with E-state index in [2.05, 4.69) is 27.2 Å². The first-order valence-electron chi connectivity index (χ1n) is 10.1. The van der Waals surface area contributed by atoms with Crippen molar-refractivity contribution in [3.63, 3.8) is 0 Å². The molecule has 8 nitrogen and oxygen atoms in total. The maximum Gasteiger partial charge on any atom is 0.247 e. The lowest BCUT2D eigenvalue weighted by atomic mass is 10.2. The van der Waals surface area contributed by atoms with Gasteiger partial charge in [0, 0.05) is 50.3 Å². The van der Waals surface area contributed by atoms with Crippen LogP contribution in [0.4, 0.5) is 5.69 Å². The summed E-state index contributed by atoms with van der Waals surface area (Å²) in [7, 11) is 0.